The molecule has 40 heavy (non-hydrogen) atoms. The van der Waals surface area contributed by atoms with Crippen LogP contribution in [0.25, 0.3) is 11.1 Å². The number of hydrogen-bond donors (Lipinski definition) is 1. The van der Waals surface area contributed by atoms with Crippen LogP contribution in [0.3, 0.4) is 0 Å². The van der Waals surface area contributed by atoms with Crippen LogP contribution in [0.1, 0.15) is 83.3 Å². The molecule has 1 N–H and O–H groups in total. The highest BCUT2D eigenvalue weighted by Gasteiger charge is 2.48. The Bertz CT molecular complexity index is 1320. The summed E-state index contributed by atoms with van der Waals surface area (Å²) < 4.78 is 47.3. The van der Waals surface area contributed by atoms with Crippen LogP contribution in [0, 0.1) is 5.92 Å². The number of pyridine rings is 1. The minimum absolute atomic E-state index is 0.000980. The molecule has 0 radical (unpaired) electrons. The maximum Gasteiger partial charge on any atom is 0.408 e. The largest absolute Gasteiger partial charge is 0.449 e. The molecule has 1 atom stereocenters. The lowest BCUT2D eigenvalue weighted by molar-refractivity contribution is -0.153. The second kappa shape index (κ2) is 9.36. The number of rotatable bonds is 3. The summed E-state index contributed by atoms with van der Waals surface area (Å²) >= 11 is 0. The summed E-state index contributed by atoms with van der Waals surface area (Å²) in [6.45, 7) is 12.6. The molecule has 11 heteroatoms. The molecule has 0 spiro atoms. The molecule has 1 saturated carbocycles. The third kappa shape index (κ3) is 5.17. The number of nitrogens with zero attached hydrogens (tertiary/aromatic N) is 4. The summed E-state index contributed by atoms with van der Waals surface area (Å²) in [6, 6.07) is 1.60. The standard InChI is InChI=1S/C29H39F3N4O4/c1-26(2,3)18-12-22(35-9-7-8-21(35)29(30,31)32)33-19-13-20(40-23(18)19)25(38)36-11-10-34(16-27(36,4)5)24(37)17-14-28(6,39)15-17/h12-13,17,21,39H,7-11,14-16H2,1-6H3/t17-,21-,28-/m0/s1. The van der Waals surface area contributed by atoms with E-state index < -0.39 is 28.8 Å². The average Bonchev–Trinajstić information content (AvgIpc) is 3.47. The van der Waals surface area contributed by atoms with Crippen molar-refractivity contribution in [3.05, 3.63) is 23.5 Å². The van der Waals surface area contributed by atoms with Crippen LogP contribution in [0.2, 0.25) is 0 Å². The minimum atomic E-state index is -4.36. The molecule has 0 aromatic carbocycles. The number of aromatic nitrogens is 1. The van der Waals surface area contributed by atoms with Crippen LogP contribution in [0.5, 0.6) is 0 Å². The molecule has 3 fully saturated rings. The van der Waals surface area contributed by atoms with E-state index in [0.29, 0.717) is 55.6 Å². The third-order valence-electron chi connectivity index (χ3n) is 8.59. The average molecular weight is 565 g/mol. The van der Waals surface area contributed by atoms with Crippen LogP contribution in [-0.2, 0) is 10.2 Å². The molecule has 4 heterocycles. The Balaban J connectivity index is 1.42. The molecule has 220 valence electrons. The Morgan fingerprint density at radius 1 is 1.07 bits per heavy atom. The molecule has 2 aromatic heterocycles. The lowest BCUT2D eigenvalue weighted by atomic mass is 9.71. The van der Waals surface area contributed by atoms with E-state index in [0.717, 1.165) is 0 Å². The van der Waals surface area contributed by atoms with E-state index in [1.165, 1.54) is 11.0 Å². The lowest BCUT2D eigenvalue weighted by Crippen LogP contribution is -2.63. The maximum absolute atomic E-state index is 13.7. The van der Waals surface area contributed by atoms with Gasteiger partial charge in [-0.25, -0.2) is 4.98 Å². The highest BCUT2D eigenvalue weighted by molar-refractivity contribution is 5.97. The van der Waals surface area contributed by atoms with E-state index in [-0.39, 0.29) is 42.3 Å². The Labute approximate surface area is 232 Å². The first kappa shape index (κ1) is 28.7. The van der Waals surface area contributed by atoms with Crippen LogP contribution < -0.4 is 4.90 Å². The fourth-order valence-corrected chi connectivity index (χ4v) is 6.49. The zero-order valence-corrected chi connectivity index (χ0v) is 24.1. The molecule has 1 aliphatic carbocycles. The number of carbonyl (C=O) groups excluding carboxylic acids is 2. The predicted molar refractivity (Wildman–Crippen MR) is 144 cm³/mol. The van der Waals surface area contributed by atoms with Gasteiger partial charge < -0.3 is 24.2 Å². The number of carbonyl (C=O) groups is 2. The number of anilines is 1. The van der Waals surface area contributed by atoms with Crippen LogP contribution in [0.4, 0.5) is 19.0 Å². The zero-order chi connectivity index (χ0) is 29.4. The molecule has 3 aliphatic rings. The smallest absolute Gasteiger partial charge is 0.408 e. The second-order valence-corrected chi connectivity index (χ2v) is 13.6. The summed E-state index contributed by atoms with van der Waals surface area (Å²) in [5.41, 5.74) is -0.522. The van der Waals surface area contributed by atoms with E-state index in [1.807, 2.05) is 34.6 Å². The fourth-order valence-electron chi connectivity index (χ4n) is 6.49. The van der Waals surface area contributed by atoms with Gasteiger partial charge in [0.05, 0.1) is 11.1 Å². The zero-order valence-electron chi connectivity index (χ0n) is 24.1. The summed E-state index contributed by atoms with van der Waals surface area (Å²) in [6.07, 6.45) is -3.04. The first-order valence-corrected chi connectivity index (χ1v) is 14.0. The van der Waals surface area contributed by atoms with Gasteiger partial charge in [0.15, 0.2) is 11.3 Å². The van der Waals surface area contributed by atoms with Crippen molar-refractivity contribution in [1.29, 1.82) is 0 Å². The van der Waals surface area contributed by atoms with Crippen molar-refractivity contribution < 1.29 is 32.3 Å². The summed E-state index contributed by atoms with van der Waals surface area (Å²) in [4.78, 5) is 36.0. The predicted octanol–water partition coefficient (Wildman–Crippen LogP) is 4.88. The normalized spacial score (nSPS) is 27.3. The fraction of sp³-hybridized carbons (Fsp3) is 0.690. The van der Waals surface area contributed by atoms with Gasteiger partial charge in [0.2, 0.25) is 5.91 Å². The van der Waals surface area contributed by atoms with E-state index in [1.54, 1.807) is 22.8 Å². The van der Waals surface area contributed by atoms with Crippen molar-refractivity contribution in [1.82, 2.24) is 14.8 Å². The number of aliphatic hydroxyl groups is 1. The maximum atomic E-state index is 13.7. The second-order valence-electron chi connectivity index (χ2n) is 13.6. The third-order valence-corrected chi connectivity index (χ3v) is 8.59. The molecule has 2 saturated heterocycles. The van der Waals surface area contributed by atoms with Gasteiger partial charge in [0.25, 0.3) is 5.91 Å². The van der Waals surface area contributed by atoms with E-state index in [9.17, 15) is 27.9 Å². The Morgan fingerprint density at radius 3 is 2.33 bits per heavy atom. The van der Waals surface area contributed by atoms with Gasteiger partial charge in [-0.15, -0.1) is 0 Å². The van der Waals surface area contributed by atoms with Gasteiger partial charge in [0.1, 0.15) is 17.4 Å². The van der Waals surface area contributed by atoms with Gasteiger partial charge >= 0.3 is 6.18 Å². The van der Waals surface area contributed by atoms with Crippen molar-refractivity contribution in [2.75, 3.05) is 31.1 Å². The van der Waals surface area contributed by atoms with E-state index in [4.69, 9.17) is 4.42 Å². The van der Waals surface area contributed by atoms with Gasteiger partial charge in [-0.05, 0) is 57.9 Å². The number of amides is 2. The SMILES string of the molecule is CC(C)(C)c1cc(N2CCC[C@H]2C(F)(F)F)nc2cc(C(=O)N3CCN(C(=O)[C@H]4C[C@](C)(O)C4)CC3(C)C)oc12. The Hall–Kier alpha value is -2.82. The number of furan rings is 1. The first-order chi connectivity index (χ1) is 18.4. The molecule has 0 bridgehead atoms. The Morgan fingerprint density at radius 2 is 1.75 bits per heavy atom. The van der Waals surface area contributed by atoms with Crippen molar-refractivity contribution in [3.8, 4) is 0 Å². The topological polar surface area (TPSA) is 90.1 Å². The van der Waals surface area contributed by atoms with E-state index in [2.05, 4.69) is 4.98 Å². The van der Waals surface area contributed by atoms with Crippen molar-refractivity contribution in [3.63, 3.8) is 0 Å². The monoisotopic (exact) mass is 564 g/mol. The number of fused-ring (bicyclic) bond motifs is 1. The van der Waals surface area contributed by atoms with Crippen LogP contribution in [-0.4, -0.2) is 81.2 Å². The van der Waals surface area contributed by atoms with Gasteiger partial charge in [-0.1, -0.05) is 20.8 Å². The van der Waals surface area contributed by atoms with Crippen molar-refractivity contribution >= 4 is 28.7 Å². The summed E-state index contributed by atoms with van der Waals surface area (Å²) in [5.74, 6) is -0.244. The number of piperazine rings is 1. The molecule has 2 amide bonds. The highest BCUT2D eigenvalue weighted by Crippen LogP contribution is 2.41. The van der Waals surface area contributed by atoms with Gasteiger partial charge in [-0.3, -0.25) is 9.59 Å². The first-order valence-electron chi connectivity index (χ1n) is 14.0. The van der Waals surface area contributed by atoms with Gasteiger partial charge in [-0.2, -0.15) is 13.2 Å². The molecular formula is C29H39F3N4O4. The van der Waals surface area contributed by atoms with Crippen molar-refractivity contribution in [2.24, 2.45) is 5.92 Å². The number of hydrogen-bond acceptors (Lipinski definition) is 6. The quantitative estimate of drug-likeness (QED) is 0.572. The van der Waals surface area contributed by atoms with Crippen molar-refractivity contribution in [2.45, 2.75) is 96.0 Å². The minimum Gasteiger partial charge on any atom is -0.449 e. The molecule has 2 aliphatic heterocycles. The molecule has 0 unspecified atom stereocenters. The Kier molecular flexibility index (Phi) is 6.71. The lowest BCUT2D eigenvalue weighted by Gasteiger charge is -2.49. The molecule has 2 aromatic rings. The van der Waals surface area contributed by atoms with E-state index >= 15 is 0 Å². The number of halogens is 3. The van der Waals surface area contributed by atoms with Crippen LogP contribution in [0.15, 0.2) is 16.5 Å². The van der Waals surface area contributed by atoms with Gasteiger partial charge in [0, 0.05) is 43.7 Å². The van der Waals surface area contributed by atoms with Crippen LogP contribution >= 0.6 is 0 Å². The molecular weight excluding hydrogens is 525 g/mol. The summed E-state index contributed by atoms with van der Waals surface area (Å²) in [7, 11) is 0. The molecule has 8 nitrogen and oxygen atoms in total. The molecule has 5 rings (SSSR count). The highest BCUT2D eigenvalue weighted by atomic mass is 19.4. The summed E-state index contributed by atoms with van der Waals surface area (Å²) in [5, 5.41) is 10.0. The number of alkyl halides is 3.